The minimum atomic E-state index is -4.56. The van der Waals surface area contributed by atoms with Crippen molar-refractivity contribution in [2.45, 2.75) is 10.7 Å². The van der Waals surface area contributed by atoms with Crippen LogP contribution < -0.4 is 5.32 Å². The van der Waals surface area contributed by atoms with Crippen LogP contribution in [0.2, 0.25) is 0 Å². The number of aromatic nitrogens is 2. The van der Waals surface area contributed by atoms with E-state index in [9.17, 15) is 17.2 Å². The molecule has 2 aromatic carbocycles. The van der Waals surface area contributed by atoms with Gasteiger partial charge in [-0.15, -0.1) is 0 Å². The molecule has 8 heteroatoms. The zero-order valence-corrected chi connectivity index (χ0v) is 11.9. The third-order valence-corrected chi connectivity index (χ3v) is 4.54. The van der Waals surface area contributed by atoms with E-state index in [2.05, 4.69) is 15.5 Å². The predicted octanol–water partition coefficient (Wildman–Crippen LogP) is 3.30. The smallest absolute Gasteiger partial charge is 0.341 e. The first-order chi connectivity index (χ1) is 10.5. The van der Waals surface area contributed by atoms with Crippen molar-refractivity contribution in [1.29, 1.82) is 0 Å². The van der Waals surface area contributed by atoms with Gasteiger partial charge in [-0.05, 0) is 42.5 Å². The Balaban J connectivity index is 1.84. The van der Waals surface area contributed by atoms with E-state index in [-0.39, 0.29) is 0 Å². The second kappa shape index (κ2) is 5.38. The number of benzene rings is 2. The standard InChI is InChI=1S/C14H11F2N3O2S/c15-14(16)22(20,21)12-4-1-10(2-5-12)18-11-3-6-13-9(7-11)8-17-19-13/h1-8,14,18H,(H,17,19). The summed E-state index contributed by atoms with van der Waals surface area (Å²) in [7, 11) is -4.56. The zero-order valence-electron chi connectivity index (χ0n) is 11.1. The van der Waals surface area contributed by atoms with Crippen LogP contribution >= 0.6 is 0 Å². The Kier molecular flexibility index (Phi) is 3.53. The number of sulfone groups is 1. The fourth-order valence-electron chi connectivity index (χ4n) is 2.02. The minimum Gasteiger partial charge on any atom is -0.356 e. The summed E-state index contributed by atoms with van der Waals surface area (Å²) in [5.74, 6) is -3.42. The lowest BCUT2D eigenvalue weighted by Gasteiger charge is -2.08. The van der Waals surface area contributed by atoms with Crippen molar-refractivity contribution in [3.63, 3.8) is 0 Å². The van der Waals surface area contributed by atoms with Crippen LogP contribution in [0.3, 0.4) is 0 Å². The Hall–Kier alpha value is -2.48. The van der Waals surface area contributed by atoms with E-state index >= 15 is 0 Å². The number of fused-ring (bicyclic) bond motifs is 1. The summed E-state index contributed by atoms with van der Waals surface area (Å²) in [5, 5.41) is 10.7. The largest absolute Gasteiger partial charge is 0.356 e. The quantitative estimate of drug-likeness (QED) is 0.772. The van der Waals surface area contributed by atoms with Crippen LogP contribution in [-0.4, -0.2) is 24.4 Å². The van der Waals surface area contributed by atoms with Crippen LogP contribution in [0.4, 0.5) is 20.2 Å². The average molecular weight is 323 g/mol. The topological polar surface area (TPSA) is 74.8 Å². The van der Waals surface area contributed by atoms with Gasteiger partial charge in [0.1, 0.15) is 0 Å². The maximum Gasteiger partial charge on any atom is 0.341 e. The molecule has 5 nitrogen and oxygen atoms in total. The van der Waals surface area contributed by atoms with Gasteiger partial charge in [0.25, 0.3) is 0 Å². The molecule has 22 heavy (non-hydrogen) atoms. The molecule has 0 saturated carbocycles. The average Bonchev–Trinajstić information content (AvgIpc) is 2.95. The number of nitrogens with zero attached hydrogens (tertiary/aromatic N) is 1. The lowest BCUT2D eigenvalue weighted by atomic mass is 10.2. The number of H-pyrrole nitrogens is 1. The molecular formula is C14H11F2N3O2S. The number of rotatable bonds is 4. The number of hydrogen-bond acceptors (Lipinski definition) is 4. The number of nitrogens with one attached hydrogen (secondary N) is 2. The van der Waals surface area contributed by atoms with Crippen LogP contribution in [0.15, 0.2) is 53.6 Å². The Labute approximate surface area is 124 Å². The number of hydrogen-bond donors (Lipinski definition) is 2. The molecule has 0 amide bonds. The maximum atomic E-state index is 12.5. The van der Waals surface area contributed by atoms with Crippen molar-refractivity contribution in [3.8, 4) is 0 Å². The summed E-state index contributed by atoms with van der Waals surface area (Å²) in [6.07, 6.45) is 1.68. The van der Waals surface area contributed by atoms with Gasteiger partial charge < -0.3 is 5.32 Å². The predicted molar refractivity (Wildman–Crippen MR) is 79.0 cm³/mol. The highest BCUT2D eigenvalue weighted by molar-refractivity contribution is 7.91. The highest BCUT2D eigenvalue weighted by atomic mass is 32.2. The monoisotopic (exact) mass is 323 g/mol. The number of anilines is 2. The van der Waals surface area contributed by atoms with Gasteiger partial charge in [0.2, 0.25) is 9.84 Å². The van der Waals surface area contributed by atoms with Gasteiger partial charge in [-0.2, -0.15) is 13.9 Å². The molecule has 0 saturated heterocycles. The molecule has 0 aliphatic heterocycles. The van der Waals surface area contributed by atoms with Crippen molar-refractivity contribution < 1.29 is 17.2 Å². The Morgan fingerprint density at radius 1 is 1.05 bits per heavy atom. The van der Waals surface area contributed by atoms with Crippen molar-refractivity contribution in [1.82, 2.24) is 10.2 Å². The van der Waals surface area contributed by atoms with Crippen LogP contribution in [0.25, 0.3) is 10.9 Å². The molecule has 0 bridgehead atoms. The van der Waals surface area contributed by atoms with Gasteiger partial charge in [-0.3, -0.25) is 5.10 Å². The highest BCUT2D eigenvalue weighted by Crippen LogP contribution is 2.24. The van der Waals surface area contributed by atoms with Crippen LogP contribution in [0.1, 0.15) is 0 Å². The van der Waals surface area contributed by atoms with E-state index in [4.69, 9.17) is 0 Å². The molecule has 0 atom stereocenters. The first-order valence-electron chi connectivity index (χ1n) is 6.29. The molecule has 3 aromatic rings. The molecule has 0 unspecified atom stereocenters. The molecule has 0 aliphatic rings. The van der Waals surface area contributed by atoms with Crippen LogP contribution in [0.5, 0.6) is 0 Å². The lowest BCUT2D eigenvalue weighted by molar-refractivity contribution is 0.234. The first kappa shape index (κ1) is 14.5. The molecule has 3 rings (SSSR count). The Bertz CT molecular complexity index is 905. The minimum absolute atomic E-state index is 0.404. The zero-order chi connectivity index (χ0) is 15.7. The van der Waals surface area contributed by atoms with E-state index in [1.165, 1.54) is 12.1 Å². The summed E-state index contributed by atoms with van der Waals surface area (Å²) in [5.41, 5.74) is 2.26. The van der Waals surface area contributed by atoms with Crippen LogP contribution in [0, 0.1) is 0 Å². The van der Waals surface area contributed by atoms with Gasteiger partial charge >= 0.3 is 5.76 Å². The van der Waals surface area contributed by atoms with Crippen molar-refractivity contribution in [2.75, 3.05) is 5.32 Å². The van der Waals surface area contributed by atoms with Gasteiger partial charge in [0, 0.05) is 16.8 Å². The molecule has 2 N–H and O–H groups in total. The molecule has 0 aliphatic carbocycles. The van der Waals surface area contributed by atoms with Crippen molar-refractivity contribution >= 4 is 32.1 Å². The molecule has 114 valence electrons. The highest BCUT2D eigenvalue weighted by Gasteiger charge is 2.26. The van der Waals surface area contributed by atoms with Crippen molar-refractivity contribution in [3.05, 3.63) is 48.7 Å². The number of halogens is 2. The number of alkyl halides is 2. The molecular weight excluding hydrogens is 312 g/mol. The SMILES string of the molecule is O=S(=O)(c1ccc(Nc2ccc3[nH]ncc3c2)cc1)C(F)F. The summed E-state index contributed by atoms with van der Waals surface area (Å²) < 4.78 is 47.6. The molecule has 1 heterocycles. The van der Waals surface area contributed by atoms with Gasteiger partial charge in [0.15, 0.2) is 0 Å². The third kappa shape index (κ3) is 2.64. The van der Waals surface area contributed by atoms with Gasteiger partial charge in [-0.25, -0.2) is 8.42 Å². The summed E-state index contributed by atoms with van der Waals surface area (Å²) >= 11 is 0. The summed E-state index contributed by atoms with van der Waals surface area (Å²) in [6.45, 7) is 0. The molecule has 0 radical (unpaired) electrons. The van der Waals surface area contributed by atoms with E-state index in [1.54, 1.807) is 6.20 Å². The van der Waals surface area contributed by atoms with Gasteiger partial charge in [-0.1, -0.05) is 0 Å². The van der Waals surface area contributed by atoms with E-state index in [1.807, 2.05) is 18.2 Å². The van der Waals surface area contributed by atoms with Crippen molar-refractivity contribution in [2.24, 2.45) is 0 Å². The molecule has 1 aromatic heterocycles. The molecule has 0 fully saturated rings. The normalized spacial score (nSPS) is 12.0. The fraction of sp³-hybridized carbons (Fsp3) is 0.0714. The van der Waals surface area contributed by atoms with Crippen LogP contribution in [-0.2, 0) is 9.84 Å². The lowest BCUT2D eigenvalue weighted by Crippen LogP contribution is -2.11. The third-order valence-electron chi connectivity index (χ3n) is 3.15. The summed E-state index contributed by atoms with van der Waals surface area (Å²) in [6, 6.07) is 10.7. The Morgan fingerprint density at radius 2 is 1.73 bits per heavy atom. The molecule has 0 spiro atoms. The first-order valence-corrected chi connectivity index (χ1v) is 7.84. The Morgan fingerprint density at radius 3 is 2.41 bits per heavy atom. The van der Waals surface area contributed by atoms with Gasteiger partial charge in [0.05, 0.1) is 16.6 Å². The number of aromatic amines is 1. The second-order valence-corrected chi connectivity index (χ2v) is 6.54. The summed E-state index contributed by atoms with van der Waals surface area (Å²) in [4.78, 5) is -0.404. The fourth-order valence-corrected chi connectivity index (χ4v) is 2.74. The second-order valence-electron chi connectivity index (χ2n) is 4.63. The van der Waals surface area contributed by atoms with E-state index in [0.717, 1.165) is 28.7 Å². The maximum absolute atomic E-state index is 12.5. The van der Waals surface area contributed by atoms with E-state index < -0.39 is 20.5 Å². The van der Waals surface area contributed by atoms with E-state index in [0.29, 0.717) is 5.69 Å².